The van der Waals surface area contributed by atoms with Crippen molar-refractivity contribution < 1.29 is 4.92 Å². The van der Waals surface area contributed by atoms with Crippen LogP contribution in [0.1, 0.15) is 56.4 Å². The van der Waals surface area contributed by atoms with Crippen molar-refractivity contribution in [3.8, 4) is 0 Å². The average molecular weight is 288 g/mol. The van der Waals surface area contributed by atoms with E-state index in [2.05, 4.69) is 4.90 Å². The van der Waals surface area contributed by atoms with E-state index in [0.717, 1.165) is 6.04 Å². The minimum Gasteiger partial charge on any atom is -0.300 e. The minimum absolute atomic E-state index is 0.195. The Morgan fingerprint density at radius 3 is 2.14 bits per heavy atom. The van der Waals surface area contributed by atoms with Crippen molar-refractivity contribution in [2.45, 2.75) is 56.9 Å². The van der Waals surface area contributed by atoms with Crippen molar-refractivity contribution in [3.63, 3.8) is 0 Å². The first-order chi connectivity index (χ1) is 10.2. The Bertz CT molecular complexity index is 472. The summed E-state index contributed by atoms with van der Waals surface area (Å²) in [7, 11) is 0. The van der Waals surface area contributed by atoms with Crippen LogP contribution >= 0.6 is 0 Å². The highest BCUT2D eigenvalue weighted by Crippen LogP contribution is 2.36. The van der Waals surface area contributed by atoms with Crippen LogP contribution in [-0.2, 0) is 0 Å². The summed E-state index contributed by atoms with van der Waals surface area (Å²) >= 11 is 0. The van der Waals surface area contributed by atoms with Crippen molar-refractivity contribution >= 4 is 5.69 Å². The van der Waals surface area contributed by atoms with E-state index >= 15 is 0 Å². The van der Waals surface area contributed by atoms with E-state index in [4.69, 9.17) is 0 Å². The molecule has 0 amide bonds. The summed E-state index contributed by atoms with van der Waals surface area (Å²) in [5, 5.41) is 10.7. The lowest BCUT2D eigenvalue weighted by Crippen LogP contribution is -2.41. The molecule has 4 nitrogen and oxygen atoms in total. The second-order valence-electron chi connectivity index (χ2n) is 6.45. The van der Waals surface area contributed by atoms with Gasteiger partial charge in [0.1, 0.15) is 0 Å². The number of nitrogens with zero attached hydrogens (tertiary/aromatic N) is 2. The van der Waals surface area contributed by atoms with Crippen LogP contribution in [-0.4, -0.2) is 29.0 Å². The van der Waals surface area contributed by atoms with Gasteiger partial charge in [0.05, 0.1) is 4.92 Å². The Morgan fingerprint density at radius 2 is 1.57 bits per heavy atom. The fourth-order valence-corrected chi connectivity index (χ4v) is 3.93. The van der Waals surface area contributed by atoms with E-state index in [1.165, 1.54) is 63.6 Å². The van der Waals surface area contributed by atoms with Gasteiger partial charge in [-0.2, -0.15) is 0 Å². The monoisotopic (exact) mass is 288 g/mol. The Hall–Kier alpha value is -1.42. The number of benzene rings is 1. The molecule has 1 aliphatic carbocycles. The third-order valence-electron chi connectivity index (χ3n) is 5.18. The number of piperidine rings is 1. The van der Waals surface area contributed by atoms with Crippen LogP contribution in [0.2, 0.25) is 0 Å². The van der Waals surface area contributed by atoms with E-state index < -0.39 is 0 Å². The van der Waals surface area contributed by atoms with Crippen LogP contribution in [0.5, 0.6) is 0 Å². The Balaban J connectivity index is 1.56. The lowest BCUT2D eigenvalue weighted by atomic mass is 9.81. The molecule has 1 saturated carbocycles. The molecule has 0 N–H and O–H groups in total. The van der Waals surface area contributed by atoms with E-state index in [1.807, 2.05) is 12.1 Å². The van der Waals surface area contributed by atoms with Crippen LogP contribution in [0, 0.1) is 10.1 Å². The molecule has 114 valence electrons. The molecule has 0 spiro atoms. The molecule has 0 radical (unpaired) electrons. The largest absolute Gasteiger partial charge is 0.300 e. The lowest BCUT2D eigenvalue weighted by Gasteiger charge is -2.39. The highest BCUT2D eigenvalue weighted by Gasteiger charge is 2.27. The van der Waals surface area contributed by atoms with Gasteiger partial charge in [0.2, 0.25) is 0 Å². The minimum atomic E-state index is -0.322. The molecule has 1 aromatic rings. The van der Waals surface area contributed by atoms with Crippen LogP contribution in [0.15, 0.2) is 24.3 Å². The van der Waals surface area contributed by atoms with Gasteiger partial charge in [0.15, 0.2) is 0 Å². The maximum atomic E-state index is 10.7. The van der Waals surface area contributed by atoms with Gasteiger partial charge < -0.3 is 4.90 Å². The van der Waals surface area contributed by atoms with Gasteiger partial charge in [-0.25, -0.2) is 0 Å². The predicted octanol–water partition coefficient (Wildman–Crippen LogP) is 4.11. The van der Waals surface area contributed by atoms with Crippen LogP contribution in [0.4, 0.5) is 5.69 Å². The van der Waals surface area contributed by atoms with Crippen molar-refractivity contribution in [2.75, 3.05) is 13.1 Å². The zero-order valence-corrected chi connectivity index (χ0v) is 12.5. The van der Waals surface area contributed by atoms with E-state index in [9.17, 15) is 10.1 Å². The standard InChI is InChI=1S/C17H24N2O2/c20-19(21)17-10-6-15(7-11-17)14-4-8-16(9-5-14)18-12-2-1-3-13-18/h6-7,10-11,14,16H,1-5,8-9,12-13H2. The molecule has 1 aromatic carbocycles. The number of rotatable bonds is 3. The molecule has 0 unspecified atom stereocenters. The van der Waals surface area contributed by atoms with E-state index in [1.54, 1.807) is 12.1 Å². The molecular formula is C17H24N2O2. The predicted molar refractivity (Wildman–Crippen MR) is 83.5 cm³/mol. The molecule has 1 heterocycles. The summed E-state index contributed by atoms with van der Waals surface area (Å²) in [6.45, 7) is 2.57. The number of likely N-dealkylation sites (tertiary alicyclic amines) is 1. The molecule has 1 saturated heterocycles. The number of non-ortho nitro benzene ring substituents is 1. The average Bonchev–Trinajstić information content (AvgIpc) is 2.56. The first-order valence-electron chi connectivity index (χ1n) is 8.22. The van der Waals surface area contributed by atoms with Gasteiger partial charge in [-0.15, -0.1) is 0 Å². The fourth-order valence-electron chi connectivity index (χ4n) is 3.93. The molecule has 0 bridgehead atoms. The summed E-state index contributed by atoms with van der Waals surface area (Å²) in [5.74, 6) is 0.590. The van der Waals surface area contributed by atoms with Gasteiger partial charge >= 0.3 is 0 Å². The summed E-state index contributed by atoms with van der Waals surface area (Å²) in [6.07, 6.45) is 9.13. The molecule has 21 heavy (non-hydrogen) atoms. The molecule has 0 atom stereocenters. The topological polar surface area (TPSA) is 46.4 Å². The van der Waals surface area contributed by atoms with Gasteiger partial charge in [-0.3, -0.25) is 10.1 Å². The first kappa shape index (κ1) is 14.5. The van der Waals surface area contributed by atoms with Crippen molar-refractivity contribution in [1.82, 2.24) is 4.90 Å². The van der Waals surface area contributed by atoms with Gasteiger partial charge in [-0.1, -0.05) is 18.6 Å². The quantitative estimate of drug-likeness (QED) is 0.621. The van der Waals surface area contributed by atoms with E-state index in [0.29, 0.717) is 5.92 Å². The highest BCUT2D eigenvalue weighted by molar-refractivity contribution is 5.34. The summed E-state index contributed by atoms with van der Waals surface area (Å²) in [4.78, 5) is 13.1. The maximum Gasteiger partial charge on any atom is 0.269 e. The maximum absolute atomic E-state index is 10.7. The van der Waals surface area contributed by atoms with Crippen LogP contribution in [0.3, 0.4) is 0 Å². The molecular weight excluding hydrogens is 264 g/mol. The second-order valence-corrected chi connectivity index (χ2v) is 6.45. The van der Waals surface area contributed by atoms with Crippen molar-refractivity contribution in [1.29, 1.82) is 0 Å². The number of nitro groups is 1. The van der Waals surface area contributed by atoms with Gasteiger partial charge in [-0.05, 0) is 63.1 Å². The lowest BCUT2D eigenvalue weighted by molar-refractivity contribution is -0.384. The second kappa shape index (κ2) is 6.56. The number of hydrogen-bond acceptors (Lipinski definition) is 3. The molecule has 2 aliphatic rings. The zero-order valence-electron chi connectivity index (χ0n) is 12.5. The summed E-state index contributed by atoms with van der Waals surface area (Å²) < 4.78 is 0. The first-order valence-corrected chi connectivity index (χ1v) is 8.22. The van der Waals surface area contributed by atoms with Gasteiger partial charge in [0, 0.05) is 18.2 Å². The number of hydrogen-bond donors (Lipinski definition) is 0. The van der Waals surface area contributed by atoms with Gasteiger partial charge in [0.25, 0.3) is 5.69 Å². The van der Waals surface area contributed by atoms with Crippen LogP contribution in [0.25, 0.3) is 0 Å². The molecule has 3 rings (SSSR count). The molecule has 2 fully saturated rings. The smallest absolute Gasteiger partial charge is 0.269 e. The Morgan fingerprint density at radius 1 is 0.952 bits per heavy atom. The SMILES string of the molecule is O=[N+]([O-])c1ccc(C2CCC(N3CCCCC3)CC2)cc1. The van der Waals surface area contributed by atoms with E-state index in [-0.39, 0.29) is 10.6 Å². The third kappa shape index (κ3) is 3.43. The molecule has 4 heteroatoms. The Kier molecular flexibility index (Phi) is 4.54. The Labute approximate surface area is 126 Å². The molecule has 0 aromatic heterocycles. The highest BCUT2D eigenvalue weighted by atomic mass is 16.6. The number of nitro benzene ring substituents is 1. The summed E-state index contributed by atoms with van der Waals surface area (Å²) in [6, 6.07) is 7.96. The normalized spacial score (nSPS) is 27.4. The van der Waals surface area contributed by atoms with Crippen molar-refractivity contribution in [2.24, 2.45) is 0 Å². The molecule has 1 aliphatic heterocycles. The van der Waals surface area contributed by atoms with Crippen LogP contribution < -0.4 is 0 Å². The zero-order chi connectivity index (χ0) is 14.7. The third-order valence-corrected chi connectivity index (χ3v) is 5.18. The summed E-state index contributed by atoms with van der Waals surface area (Å²) in [5.41, 5.74) is 1.47. The fraction of sp³-hybridized carbons (Fsp3) is 0.647. The van der Waals surface area contributed by atoms with Crippen molar-refractivity contribution in [3.05, 3.63) is 39.9 Å².